The molecule has 2 aromatic rings. The average molecular weight is 383 g/mol. The molecule has 1 amide bonds. The van der Waals surface area contributed by atoms with Gasteiger partial charge in [-0.3, -0.25) is 9.59 Å². The summed E-state index contributed by atoms with van der Waals surface area (Å²) in [6, 6.07) is 11.3. The average Bonchev–Trinajstić information content (AvgIpc) is 3.19. The molecule has 1 aromatic heterocycles. The van der Waals surface area contributed by atoms with Crippen molar-refractivity contribution in [2.45, 2.75) is 20.1 Å². The third-order valence-corrected chi connectivity index (χ3v) is 4.07. The highest BCUT2D eigenvalue weighted by molar-refractivity contribution is 6.01. The number of benzene rings is 1. The number of hydrogen-bond acceptors (Lipinski definition) is 7. The van der Waals surface area contributed by atoms with Crippen LogP contribution in [0.25, 0.3) is 5.76 Å². The number of esters is 1. The summed E-state index contributed by atoms with van der Waals surface area (Å²) >= 11 is 0. The summed E-state index contributed by atoms with van der Waals surface area (Å²) in [6.45, 7) is 2.02. The predicted octanol–water partition coefficient (Wildman–Crippen LogP) is 2.28. The number of hydrazone groups is 1. The molecule has 1 aliphatic heterocycles. The van der Waals surface area contributed by atoms with Gasteiger partial charge in [0.1, 0.15) is 25.5 Å². The second-order valence-corrected chi connectivity index (χ2v) is 5.90. The molecule has 0 aliphatic carbocycles. The SMILES string of the molecule is C/C=N\N1Cc2occc2C(OCc2ccccc2)=C1C(=O)NCC(=O)OC. The molecule has 0 atom stereocenters. The number of nitrogens with one attached hydrogen (secondary N) is 1. The summed E-state index contributed by atoms with van der Waals surface area (Å²) in [4.78, 5) is 24.3. The van der Waals surface area contributed by atoms with Crippen molar-refractivity contribution in [3.05, 3.63) is 65.2 Å². The smallest absolute Gasteiger partial charge is 0.325 e. The first-order valence-corrected chi connectivity index (χ1v) is 8.73. The summed E-state index contributed by atoms with van der Waals surface area (Å²) in [7, 11) is 1.26. The Hall–Kier alpha value is -3.55. The first kappa shape index (κ1) is 19.2. The fraction of sp³-hybridized carbons (Fsp3) is 0.250. The van der Waals surface area contributed by atoms with E-state index in [0.29, 0.717) is 17.1 Å². The van der Waals surface area contributed by atoms with Gasteiger partial charge in [0.2, 0.25) is 0 Å². The van der Waals surface area contributed by atoms with Crippen LogP contribution in [0.2, 0.25) is 0 Å². The monoisotopic (exact) mass is 383 g/mol. The largest absolute Gasteiger partial charge is 0.486 e. The van der Waals surface area contributed by atoms with Crippen LogP contribution >= 0.6 is 0 Å². The van der Waals surface area contributed by atoms with E-state index in [1.807, 2.05) is 30.3 Å². The topological polar surface area (TPSA) is 93.4 Å². The number of methoxy groups -OCH3 is 1. The number of fused-ring (bicyclic) bond motifs is 1. The van der Waals surface area contributed by atoms with E-state index in [4.69, 9.17) is 9.15 Å². The molecule has 146 valence electrons. The number of nitrogens with zero attached hydrogens (tertiary/aromatic N) is 2. The van der Waals surface area contributed by atoms with E-state index in [9.17, 15) is 9.59 Å². The van der Waals surface area contributed by atoms with Gasteiger partial charge in [0.15, 0.2) is 11.5 Å². The maximum absolute atomic E-state index is 12.9. The molecule has 1 aliphatic rings. The van der Waals surface area contributed by atoms with Crippen LogP contribution in [0.15, 0.2) is 57.9 Å². The zero-order valence-electron chi connectivity index (χ0n) is 15.7. The molecule has 3 rings (SSSR count). The summed E-state index contributed by atoms with van der Waals surface area (Å²) in [6.07, 6.45) is 3.11. The lowest BCUT2D eigenvalue weighted by atomic mass is 10.1. The molecule has 8 nitrogen and oxygen atoms in total. The van der Waals surface area contributed by atoms with Crippen molar-refractivity contribution < 1.29 is 23.5 Å². The molecular formula is C20H21N3O5. The van der Waals surface area contributed by atoms with Gasteiger partial charge in [-0.05, 0) is 18.6 Å². The van der Waals surface area contributed by atoms with Crippen molar-refractivity contribution in [2.75, 3.05) is 13.7 Å². The molecule has 0 spiro atoms. The van der Waals surface area contributed by atoms with Gasteiger partial charge in [-0.2, -0.15) is 5.10 Å². The van der Waals surface area contributed by atoms with Crippen LogP contribution in [0.4, 0.5) is 0 Å². The van der Waals surface area contributed by atoms with Crippen molar-refractivity contribution in [1.29, 1.82) is 0 Å². The number of rotatable bonds is 7. The molecule has 0 saturated heterocycles. The Balaban J connectivity index is 1.95. The zero-order valence-corrected chi connectivity index (χ0v) is 15.7. The van der Waals surface area contributed by atoms with Crippen LogP contribution in [0.1, 0.15) is 23.8 Å². The normalized spacial score (nSPS) is 13.4. The molecule has 0 fully saturated rings. The Morgan fingerprint density at radius 3 is 2.79 bits per heavy atom. The van der Waals surface area contributed by atoms with Crippen LogP contribution in [0, 0.1) is 0 Å². The minimum Gasteiger partial charge on any atom is -0.486 e. The van der Waals surface area contributed by atoms with Gasteiger partial charge in [-0.25, -0.2) is 5.01 Å². The highest BCUT2D eigenvalue weighted by Crippen LogP contribution is 2.34. The quantitative estimate of drug-likeness (QED) is 0.582. The third kappa shape index (κ3) is 4.22. The van der Waals surface area contributed by atoms with Gasteiger partial charge in [-0.15, -0.1) is 0 Å². The highest BCUT2D eigenvalue weighted by atomic mass is 16.5. The minimum atomic E-state index is -0.550. The number of carbonyl (C=O) groups is 2. The molecule has 1 aromatic carbocycles. The van der Waals surface area contributed by atoms with Crippen LogP contribution in [-0.2, 0) is 32.2 Å². The third-order valence-electron chi connectivity index (χ3n) is 4.07. The zero-order chi connectivity index (χ0) is 19.9. The van der Waals surface area contributed by atoms with Gasteiger partial charge in [0.25, 0.3) is 5.91 Å². The molecule has 0 bridgehead atoms. The Kier molecular flexibility index (Phi) is 6.11. The van der Waals surface area contributed by atoms with Crippen LogP contribution in [0.5, 0.6) is 0 Å². The van der Waals surface area contributed by atoms with Crippen LogP contribution in [-0.4, -0.2) is 36.8 Å². The second-order valence-electron chi connectivity index (χ2n) is 5.90. The molecule has 0 unspecified atom stereocenters. The van der Waals surface area contributed by atoms with Gasteiger partial charge in [0.05, 0.1) is 18.9 Å². The fourth-order valence-corrected chi connectivity index (χ4v) is 2.77. The van der Waals surface area contributed by atoms with E-state index >= 15 is 0 Å². The number of hydrogen-bond donors (Lipinski definition) is 1. The highest BCUT2D eigenvalue weighted by Gasteiger charge is 2.33. The first-order valence-electron chi connectivity index (χ1n) is 8.73. The minimum absolute atomic E-state index is 0.201. The van der Waals surface area contributed by atoms with Crippen molar-refractivity contribution >= 4 is 23.9 Å². The summed E-state index contributed by atoms with van der Waals surface area (Å²) < 4.78 is 16.1. The molecular weight excluding hydrogens is 362 g/mol. The molecule has 1 N–H and O–H groups in total. The molecule has 2 heterocycles. The molecule has 0 saturated carbocycles. The standard InChI is InChI=1S/C20H21N3O5/c1-3-22-23-12-16-15(9-10-27-16)19(28-13-14-7-5-4-6-8-14)18(23)20(25)21-11-17(24)26-2/h3-10H,11-13H2,1-2H3,(H,21,25)/b22-3-. The van der Waals surface area contributed by atoms with E-state index in [-0.39, 0.29) is 25.4 Å². The Morgan fingerprint density at radius 2 is 2.07 bits per heavy atom. The lowest BCUT2D eigenvalue weighted by molar-refractivity contribution is -0.140. The van der Waals surface area contributed by atoms with E-state index < -0.39 is 11.9 Å². The van der Waals surface area contributed by atoms with Gasteiger partial charge in [-0.1, -0.05) is 30.3 Å². The molecule has 28 heavy (non-hydrogen) atoms. The Labute approximate surface area is 162 Å². The van der Waals surface area contributed by atoms with E-state index in [1.165, 1.54) is 12.1 Å². The van der Waals surface area contributed by atoms with Gasteiger partial charge < -0.3 is 19.2 Å². The summed E-state index contributed by atoms with van der Waals surface area (Å²) in [5.74, 6) is -0.0676. The predicted molar refractivity (Wildman–Crippen MR) is 102 cm³/mol. The van der Waals surface area contributed by atoms with Crippen LogP contribution < -0.4 is 5.32 Å². The van der Waals surface area contributed by atoms with E-state index in [0.717, 1.165) is 5.56 Å². The maximum Gasteiger partial charge on any atom is 0.325 e. The van der Waals surface area contributed by atoms with Crippen molar-refractivity contribution in [1.82, 2.24) is 10.3 Å². The summed E-state index contributed by atoms with van der Waals surface area (Å²) in [5, 5.41) is 8.28. The number of ether oxygens (including phenoxy) is 2. The van der Waals surface area contributed by atoms with Crippen molar-refractivity contribution in [3.8, 4) is 0 Å². The number of amides is 1. The first-order chi connectivity index (χ1) is 13.6. The van der Waals surface area contributed by atoms with Crippen LogP contribution in [0.3, 0.4) is 0 Å². The lowest BCUT2D eigenvalue weighted by Crippen LogP contribution is -2.38. The Morgan fingerprint density at radius 1 is 1.29 bits per heavy atom. The van der Waals surface area contributed by atoms with Crippen molar-refractivity contribution in [2.24, 2.45) is 5.10 Å². The van der Waals surface area contributed by atoms with Gasteiger partial charge in [0, 0.05) is 6.21 Å². The maximum atomic E-state index is 12.9. The molecule has 0 radical (unpaired) electrons. The van der Waals surface area contributed by atoms with Crippen molar-refractivity contribution in [3.63, 3.8) is 0 Å². The Bertz CT molecular complexity index is 902. The number of carbonyl (C=O) groups excluding carboxylic acids is 2. The second kappa shape index (κ2) is 8.90. The fourth-order valence-electron chi connectivity index (χ4n) is 2.77. The van der Waals surface area contributed by atoms with Gasteiger partial charge >= 0.3 is 5.97 Å². The number of furan rings is 1. The van der Waals surface area contributed by atoms with E-state index in [2.05, 4.69) is 15.2 Å². The summed E-state index contributed by atoms with van der Waals surface area (Å²) in [5.41, 5.74) is 1.83. The lowest BCUT2D eigenvalue weighted by Gasteiger charge is -2.28. The molecule has 8 heteroatoms. The van der Waals surface area contributed by atoms with E-state index in [1.54, 1.807) is 25.5 Å².